The molecule has 3 N–H and O–H groups in total. The lowest BCUT2D eigenvalue weighted by Crippen LogP contribution is -2.47. The molecule has 1 aliphatic rings. The highest BCUT2D eigenvalue weighted by molar-refractivity contribution is 7.87. The summed E-state index contributed by atoms with van der Waals surface area (Å²) in [6, 6.07) is 3.47. The number of hydrogen-bond acceptors (Lipinski definition) is 7. The summed E-state index contributed by atoms with van der Waals surface area (Å²) in [5, 5.41) is 6.27. The van der Waals surface area contributed by atoms with Gasteiger partial charge in [-0.3, -0.25) is 14.0 Å². The molecule has 0 saturated carbocycles. The van der Waals surface area contributed by atoms with Crippen molar-refractivity contribution in [3.05, 3.63) is 41.3 Å². The van der Waals surface area contributed by atoms with Crippen molar-refractivity contribution in [1.82, 2.24) is 10.1 Å². The van der Waals surface area contributed by atoms with Gasteiger partial charge in [0.2, 0.25) is 11.8 Å². The Morgan fingerprint density at radius 3 is 2.85 bits per heavy atom. The molecule has 144 valence electrons. The number of nitrogens with one attached hydrogen (secondary N) is 1. The normalized spacial score (nSPS) is 21.6. The molecule has 0 saturated heterocycles. The highest BCUT2D eigenvalue weighted by Crippen LogP contribution is 2.32. The Balaban J connectivity index is 1.79. The van der Waals surface area contributed by atoms with Crippen LogP contribution >= 0.6 is 0 Å². The van der Waals surface area contributed by atoms with E-state index in [9.17, 15) is 13.4 Å². The molecular formula is C17H20FN5O3S. The lowest BCUT2D eigenvalue weighted by Gasteiger charge is -2.31. The smallest absolute Gasteiger partial charge is 0.236 e. The standard InChI is InChI=1S/C17H20FN5O3S/c1-9-20-15(26-23-9)7-14(24)21-10-4-5-12(18)11(6-10)13-8-27(25)17(2,3)16(19)22-13/h4-6,13H,7-8H2,1-3H3,(H2,19,22)(H,21,24). The number of aromatic nitrogens is 2. The molecule has 0 fully saturated rings. The Kier molecular flexibility index (Phi) is 5.09. The van der Waals surface area contributed by atoms with E-state index < -0.39 is 27.4 Å². The fraction of sp³-hybridized carbons (Fsp3) is 0.412. The number of nitrogens with zero attached hydrogens (tertiary/aromatic N) is 3. The number of hydrogen-bond donors (Lipinski definition) is 2. The van der Waals surface area contributed by atoms with E-state index in [1.165, 1.54) is 18.2 Å². The monoisotopic (exact) mass is 393 g/mol. The van der Waals surface area contributed by atoms with E-state index in [1.54, 1.807) is 20.8 Å². The number of benzene rings is 1. The third kappa shape index (κ3) is 4.05. The molecule has 1 aromatic heterocycles. The van der Waals surface area contributed by atoms with Crippen LogP contribution in [0.15, 0.2) is 27.7 Å². The molecule has 0 spiro atoms. The quantitative estimate of drug-likeness (QED) is 0.814. The SMILES string of the molecule is Cc1noc(CC(=O)Nc2ccc(F)c(C3CS(=O)C(C)(C)C(N)=N3)c2)n1. The first-order valence-corrected chi connectivity index (χ1v) is 9.59. The van der Waals surface area contributed by atoms with Crippen LogP contribution in [0, 0.1) is 12.7 Å². The van der Waals surface area contributed by atoms with Crippen molar-refractivity contribution in [3.63, 3.8) is 0 Å². The number of aryl methyl sites for hydroxylation is 1. The van der Waals surface area contributed by atoms with Crippen molar-refractivity contribution in [3.8, 4) is 0 Å². The van der Waals surface area contributed by atoms with Crippen LogP contribution in [0.1, 0.15) is 37.2 Å². The van der Waals surface area contributed by atoms with Gasteiger partial charge in [0.1, 0.15) is 18.1 Å². The highest BCUT2D eigenvalue weighted by Gasteiger charge is 2.37. The molecular weight excluding hydrogens is 373 g/mol. The number of amides is 1. The lowest BCUT2D eigenvalue weighted by atomic mass is 10.1. The predicted molar refractivity (Wildman–Crippen MR) is 99.2 cm³/mol. The Morgan fingerprint density at radius 1 is 1.48 bits per heavy atom. The zero-order chi connectivity index (χ0) is 19.8. The number of nitrogens with two attached hydrogens (primary N) is 1. The minimum atomic E-state index is -1.30. The van der Waals surface area contributed by atoms with Crippen molar-refractivity contribution in [1.29, 1.82) is 0 Å². The zero-order valence-electron chi connectivity index (χ0n) is 15.2. The number of amidine groups is 1. The number of aliphatic imine (C=N–C) groups is 1. The summed E-state index contributed by atoms with van der Waals surface area (Å²) in [5.41, 5.74) is 6.54. The molecule has 8 nitrogen and oxygen atoms in total. The van der Waals surface area contributed by atoms with Crippen LogP contribution < -0.4 is 11.1 Å². The van der Waals surface area contributed by atoms with Gasteiger partial charge in [-0.2, -0.15) is 4.98 Å². The van der Waals surface area contributed by atoms with Crippen LogP contribution in [0.4, 0.5) is 10.1 Å². The van der Waals surface area contributed by atoms with Crippen LogP contribution in [0.5, 0.6) is 0 Å². The van der Waals surface area contributed by atoms with Crippen LogP contribution in [-0.2, 0) is 22.0 Å². The first-order chi connectivity index (χ1) is 12.7. The number of anilines is 1. The van der Waals surface area contributed by atoms with Crippen molar-refractivity contribution < 1.29 is 17.9 Å². The fourth-order valence-electron chi connectivity index (χ4n) is 2.62. The summed E-state index contributed by atoms with van der Waals surface area (Å²) in [5.74, 6) is 0.118. The van der Waals surface area contributed by atoms with Gasteiger partial charge in [0.15, 0.2) is 5.82 Å². The minimum Gasteiger partial charge on any atom is -0.386 e. The molecule has 2 atom stereocenters. The number of carbonyl (C=O) groups is 1. The Hall–Kier alpha value is -2.62. The van der Waals surface area contributed by atoms with Crippen LogP contribution in [-0.4, -0.2) is 36.6 Å². The van der Waals surface area contributed by atoms with E-state index in [4.69, 9.17) is 10.3 Å². The van der Waals surface area contributed by atoms with Crippen LogP contribution in [0.2, 0.25) is 0 Å². The second-order valence-corrected chi connectivity index (χ2v) is 8.79. The predicted octanol–water partition coefficient (Wildman–Crippen LogP) is 1.64. The lowest BCUT2D eigenvalue weighted by molar-refractivity contribution is -0.115. The van der Waals surface area contributed by atoms with Gasteiger partial charge in [-0.25, -0.2) is 4.39 Å². The van der Waals surface area contributed by atoms with E-state index in [-0.39, 0.29) is 35.4 Å². The molecule has 10 heteroatoms. The molecule has 0 bridgehead atoms. The maximum atomic E-state index is 14.3. The molecule has 2 aromatic rings. The molecule has 0 aliphatic carbocycles. The van der Waals surface area contributed by atoms with E-state index in [2.05, 4.69) is 20.4 Å². The average Bonchev–Trinajstić information content (AvgIpc) is 2.99. The molecule has 1 aromatic carbocycles. The molecule has 2 unspecified atom stereocenters. The third-order valence-corrected chi connectivity index (χ3v) is 6.28. The molecule has 27 heavy (non-hydrogen) atoms. The molecule has 2 heterocycles. The van der Waals surface area contributed by atoms with Crippen molar-refractivity contribution >= 4 is 28.2 Å². The maximum Gasteiger partial charge on any atom is 0.236 e. The summed E-state index contributed by atoms with van der Waals surface area (Å²) in [6.45, 7) is 5.13. The van der Waals surface area contributed by atoms with E-state index in [0.717, 1.165) is 0 Å². The second-order valence-electron chi connectivity index (χ2n) is 6.75. The highest BCUT2D eigenvalue weighted by atomic mass is 32.2. The first kappa shape index (κ1) is 19.2. The number of halogens is 1. The van der Waals surface area contributed by atoms with Gasteiger partial charge in [0.25, 0.3) is 0 Å². The van der Waals surface area contributed by atoms with Gasteiger partial charge in [-0.15, -0.1) is 0 Å². The number of rotatable bonds is 4. The van der Waals surface area contributed by atoms with E-state index in [1.807, 2.05) is 0 Å². The van der Waals surface area contributed by atoms with E-state index >= 15 is 0 Å². The van der Waals surface area contributed by atoms with Gasteiger partial charge in [-0.1, -0.05) is 5.16 Å². The first-order valence-electron chi connectivity index (χ1n) is 8.27. The topological polar surface area (TPSA) is 123 Å². The summed E-state index contributed by atoms with van der Waals surface area (Å²) >= 11 is 0. The zero-order valence-corrected chi connectivity index (χ0v) is 16.0. The summed E-state index contributed by atoms with van der Waals surface area (Å²) in [4.78, 5) is 20.4. The van der Waals surface area contributed by atoms with Gasteiger partial charge >= 0.3 is 0 Å². The summed E-state index contributed by atoms with van der Waals surface area (Å²) in [7, 11) is -1.30. The fourth-order valence-corrected chi connectivity index (χ4v) is 3.86. The summed E-state index contributed by atoms with van der Waals surface area (Å²) < 4.78 is 30.9. The van der Waals surface area contributed by atoms with Crippen molar-refractivity contribution in [2.24, 2.45) is 10.7 Å². The largest absolute Gasteiger partial charge is 0.386 e. The molecule has 0 radical (unpaired) electrons. The molecule has 1 amide bonds. The Labute approximate surface area is 157 Å². The van der Waals surface area contributed by atoms with Crippen LogP contribution in [0.25, 0.3) is 0 Å². The van der Waals surface area contributed by atoms with Crippen molar-refractivity contribution in [2.75, 3.05) is 11.1 Å². The Morgan fingerprint density at radius 2 is 2.22 bits per heavy atom. The Bertz CT molecular complexity index is 940. The summed E-state index contributed by atoms with van der Waals surface area (Å²) in [6.07, 6.45) is -0.0969. The minimum absolute atomic E-state index is 0.0969. The van der Waals surface area contributed by atoms with Gasteiger partial charge < -0.3 is 15.6 Å². The van der Waals surface area contributed by atoms with Crippen LogP contribution in [0.3, 0.4) is 0 Å². The van der Waals surface area contributed by atoms with Crippen molar-refractivity contribution in [2.45, 2.75) is 38.0 Å². The van der Waals surface area contributed by atoms with E-state index in [0.29, 0.717) is 11.5 Å². The molecule has 1 aliphatic heterocycles. The van der Waals surface area contributed by atoms with Gasteiger partial charge in [-0.05, 0) is 39.0 Å². The third-order valence-electron chi connectivity index (χ3n) is 4.31. The van der Waals surface area contributed by atoms with Gasteiger partial charge in [0.05, 0.1) is 16.5 Å². The molecule has 3 rings (SSSR count). The van der Waals surface area contributed by atoms with Gasteiger partial charge in [0, 0.05) is 22.1 Å². The number of carbonyl (C=O) groups excluding carboxylic acids is 1. The average molecular weight is 393 g/mol. The second kappa shape index (κ2) is 7.18. The maximum absolute atomic E-state index is 14.3.